The van der Waals surface area contributed by atoms with Gasteiger partial charge in [0.2, 0.25) is 0 Å². The second-order valence-electron chi connectivity index (χ2n) is 5.07. The van der Waals surface area contributed by atoms with Gasteiger partial charge >= 0.3 is 0 Å². The summed E-state index contributed by atoms with van der Waals surface area (Å²) < 4.78 is 1.20. The average Bonchev–Trinajstić information content (AvgIpc) is 2.31. The van der Waals surface area contributed by atoms with E-state index in [0.717, 1.165) is 12.0 Å². The van der Waals surface area contributed by atoms with Crippen LogP contribution in [0.25, 0.3) is 0 Å². The van der Waals surface area contributed by atoms with Gasteiger partial charge in [-0.3, -0.25) is 0 Å². The molecule has 100 valence electrons. The topological polar surface area (TPSA) is 12.0 Å². The molecule has 0 aliphatic heterocycles. The highest BCUT2D eigenvalue weighted by atomic mass is 79.9. The van der Waals surface area contributed by atoms with Crippen LogP contribution in [0.2, 0.25) is 0 Å². The minimum absolute atomic E-state index is 0.753. The molecule has 1 aliphatic carbocycles. The molecule has 1 N–H and O–H groups in total. The molecule has 1 fully saturated rings. The molecule has 0 spiro atoms. The first-order chi connectivity index (χ1) is 8.79. The number of nitrogens with one attached hydrogen (secondary N) is 1. The van der Waals surface area contributed by atoms with Crippen molar-refractivity contribution < 1.29 is 0 Å². The number of benzene rings is 1. The molecule has 0 bridgehead atoms. The average molecular weight is 328 g/mol. The van der Waals surface area contributed by atoms with Gasteiger partial charge in [-0.25, -0.2) is 0 Å². The number of hydrogen-bond acceptors (Lipinski definition) is 2. The number of halogens is 1. The van der Waals surface area contributed by atoms with Crippen LogP contribution in [0.1, 0.15) is 37.2 Å². The molecular weight excluding hydrogens is 306 g/mol. The first kappa shape index (κ1) is 14.4. The fourth-order valence-electron chi connectivity index (χ4n) is 2.49. The maximum atomic E-state index is 3.67. The van der Waals surface area contributed by atoms with Gasteiger partial charge in [-0.05, 0) is 67.9 Å². The second-order valence-corrected chi connectivity index (χ2v) is 6.98. The van der Waals surface area contributed by atoms with Crippen LogP contribution >= 0.6 is 27.7 Å². The van der Waals surface area contributed by atoms with Crippen molar-refractivity contribution >= 4 is 27.7 Å². The van der Waals surface area contributed by atoms with E-state index in [1.165, 1.54) is 48.0 Å². The van der Waals surface area contributed by atoms with Crippen LogP contribution in [0.15, 0.2) is 28.7 Å². The fraction of sp³-hybridized carbons (Fsp3) is 0.600. The van der Waals surface area contributed by atoms with Crippen molar-refractivity contribution in [2.24, 2.45) is 0 Å². The Morgan fingerprint density at radius 3 is 2.89 bits per heavy atom. The molecule has 3 heteroatoms. The lowest BCUT2D eigenvalue weighted by Crippen LogP contribution is -2.40. The van der Waals surface area contributed by atoms with Gasteiger partial charge in [0.05, 0.1) is 0 Å². The lowest BCUT2D eigenvalue weighted by atomic mass is 9.76. The zero-order valence-corrected chi connectivity index (χ0v) is 13.4. The molecule has 0 amide bonds. The molecule has 18 heavy (non-hydrogen) atoms. The lowest BCUT2D eigenvalue weighted by Gasteiger charge is -2.36. The van der Waals surface area contributed by atoms with Crippen molar-refractivity contribution in [3.8, 4) is 0 Å². The number of unbranched alkanes of at least 4 members (excludes halogenated alkanes) is 1. The minimum Gasteiger partial charge on any atom is -0.314 e. The van der Waals surface area contributed by atoms with E-state index in [1.807, 2.05) is 11.8 Å². The molecule has 0 aromatic heterocycles. The van der Waals surface area contributed by atoms with Gasteiger partial charge in [0, 0.05) is 10.5 Å². The monoisotopic (exact) mass is 327 g/mol. The van der Waals surface area contributed by atoms with Crippen LogP contribution in [0.5, 0.6) is 0 Å². The molecule has 1 saturated carbocycles. The Labute approximate surface area is 123 Å². The summed E-state index contributed by atoms with van der Waals surface area (Å²) in [5, 5.41) is 3.67. The first-order valence-electron chi connectivity index (χ1n) is 6.77. The van der Waals surface area contributed by atoms with Gasteiger partial charge in [0.25, 0.3) is 0 Å². The molecule has 0 heterocycles. The van der Waals surface area contributed by atoms with Crippen LogP contribution < -0.4 is 5.32 Å². The summed E-state index contributed by atoms with van der Waals surface area (Å²) in [7, 11) is 0. The van der Waals surface area contributed by atoms with Gasteiger partial charge < -0.3 is 5.32 Å². The number of hydrogen-bond donors (Lipinski definition) is 1. The van der Waals surface area contributed by atoms with Crippen molar-refractivity contribution in [3.05, 3.63) is 34.3 Å². The van der Waals surface area contributed by atoms with E-state index < -0.39 is 0 Å². The van der Waals surface area contributed by atoms with E-state index >= 15 is 0 Å². The highest BCUT2D eigenvalue weighted by Gasteiger charge is 2.29. The molecule has 0 radical (unpaired) electrons. The summed E-state index contributed by atoms with van der Waals surface area (Å²) in [5.41, 5.74) is 1.49. The van der Waals surface area contributed by atoms with E-state index in [4.69, 9.17) is 0 Å². The summed E-state index contributed by atoms with van der Waals surface area (Å²) in [6.07, 6.45) is 7.45. The molecule has 0 atom stereocenters. The number of thioether (sulfide) groups is 1. The summed E-state index contributed by atoms with van der Waals surface area (Å²) in [5.74, 6) is 2.07. The van der Waals surface area contributed by atoms with Crippen molar-refractivity contribution in [2.75, 3.05) is 18.6 Å². The minimum atomic E-state index is 0.753. The molecule has 1 nitrogen and oxygen atoms in total. The lowest BCUT2D eigenvalue weighted by molar-refractivity contribution is 0.290. The third kappa shape index (κ3) is 4.29. The predicted molar refractivity (Wildman–Crippen MR) is 85.5 cm³/mol. The van der Waals surface area contributed by atoms with Crippen LogP contribution in [0, 0.1) is 0 Å². The summed E-state index contributed by atoms with van der Waals surface area (Å²) in [6, 6.07) is 9.51. The normalized spacial score (nSPS) is 22.8. The van der Waals surface area contributed by atoms with E-state index in [1.54, 1.807) is 0 Å². The Morgan fingerprint density at radius 2 is 2.17 bits per heavy atom. The smallest absolute Gasteiger partial charge is 0.0178 e. The third-order valence-electron chi connectivity index (χ3n) is 3.67. The largest absolute Gasteiger partial charge is 0.314 e. The summed E-state index contributed by atoms with van der Waals surface area (Å²) >= 11 is 5.49. The van der Waals surface area contributed by atoms with E-state index in [-0.39, 0.29) is 0 Å². The van der Waals surface area contributed by atoms with Gasteiger partial charge in [-0.1, -0.05) is 28.1 Å². The molecule has 2 rings (SSSR count). The van der Waals surface area contributed by atoms with Gasteiger partial charge in [0.1, 0.15) is 0 Å². The molecule has 0 unspecified atom stereocenters. The maximum absolute atomic E-state index is 3.67. The van der Waals surface area contributed by atoms with E-state index in [0.29, 0.717) is 0 Å². The highest BCUT2D eigenvalue weighted by Crippen LogP contribution is 2.37. The molecule has 0 saturated heterocycles. The standard InChI is InChI=1S/C15H22BrNS/c1-18-8-3-2-7-17-15-10-13(11-15)12-5-4-6-14(16)9-12/h4-6,9,13,15,17H,2-3,7-8,10-11H2,1H3. The Bertz CT molecular complexity index is 363. The van der Waals surface area contributed by atoms with Crippen LogP contribution in [0.3, 0.4) is 0 Å². The highest BCUT2D eigenvalue weighted by molar-refractivity contribution is 9.10. The second kappa shape index (κ2) is 7.56. The Hall–Kier alpha value is 0.01000. The van der Waals surface area contributed by atoms with Crippen LogP contribution in [0.4, 0.5) is 0 Å². The van der Waals surface area contributed by atoms with Gasteiger partial charge in [0.15, 0.2) is 0 Å². The van der Waals surface area contributed by atoms with Gasteiger partial charge in [-0.15, -0.1) is 0 Å². The summed E-state index contributed by atoms with van der Waals surface area (Å²) in [6.45, 7) is 1.19. The Kier molecular flexibility index (Phi) is 6.06. The zero-order valence-electron chi connectivity index (χ0n) is 11.0. The van der Waals surface area contributed by atoms with Gasteiger partial charge in [-0.2, -0.15) is 11.8 Å². The number of rotatable bonds is 7. The molecule has 1 aliphatic rings. The maximum Gasteiger partial charge on any atom is 0.0178 e. The van der Waals surface area contributed by atoms with E-state index in [2.05, 4.69) is 51.8 Å². The van der Waals surface area contributed by atoms with Crippen molar-refractivity contribution in [1.82, 2.24) is 5.32 Å². The summed E-state index contributed by atoms with van der Waals surface area (Å²) in [4.78, 5) is 0. The quantitative estimate of drug-likeness (QED) is 0.743. The molecule has 1 aromatic carbocycles. The predicted octanol–water partition coefficient (Wildman–Crippen LogP) is 4.43. The Morgan fingerprint density at radius 1 is 1.33 bits per heavy atom. The zero-order chi connectivity index (χ0) is 12.8. The van der Waals surface area contributed by atoms with Crippen molar-refractivity contribution in [2.45, 2.75) is 37.6 Å². The first-order valence-corrected chi connectivity index (χ1v) is 8.96. The molecular formula is C15H22BrNS. The SMILES string of the molecule is CSCCCCNC1CC(c2cccc(Br)c2)C1. The fourth-order valence-corrected chi connectivity index (χ4v) is 3.40. The molecule has 1 aromatic rings. The van der Waals surface area contributed by atoms with Crippen molar-refractivity contribution in [1.29, 1.82) is 0 Å². The Balaban J connectivity index is 1.62. The van der Waals surface area contributed by atoms with Crippen molar-refractivity contribution in [3.63, 3.8) is 0 Å². The van der Waals surface area contributed by atoms with E-state index in [9.17, 15) is 0 Å². The van der Waals surface area contributed by atoms with Crippen LogP contribution in [-0.2, 0) is 0 Å². The van der Waals surface area contributed by atoms with Crippen LogP contribution in [-0.4, -0.2) is 24.6 Å². The third-order valence-corrected chi connectivity index (χ3v) is 4.86.